The summed E-state index contributed by atoms with van der Waals surface area (Å²) in [6.07, 6.45) is -1.44. The second-order valence-corrected chi connectivity index (χ2v) is 12.3. The third-order valence-electron chi connectivity index (χ3n) is 6.75. The summed E-state index contributed by atoms with van der Waals surface area (Å²) in [5.74, 6) is -0.738. The zero-order chi connectivity index (χ0) is 29.7. The van der Waals surface area contributed by atoms with Crippen LogP contribution in [0.15, 0.2) is 67.0 Å². The number of benzene rings is 2. The second kappa shape index (κ2) is 10.7. The lowest BCUT2D eigenvalue weighted by molar-refractivity contribution is -0.204. The van der Waals surface area contributed by atoms with Crippen LogP contribution in [0.1, 0.15) is 19.5 Å². The maximum Gasteiger partial charge on any atom is 0.587 e. The van der Waals surface area contributed by atoms with Crippen LogP contribution in [0.2, 0.25) is 10.0 Å². The number of hydrogen-bond acceptors (Lipinski definition) is 11. The molecule has 12 nitrogen and oxygen atoms in total. The summed E-state index contributed by atoms with van der Waals surface area (Å²) in [4.78, 5) is 4.01. The molecule has 2 aliphatic heterocycles. The van der Waals surface area contributed by atoms with Crippen LogP contribution in [-0.4, -0.2) is 45.3 Å². The Balaban J connectivity index is 1.34. The van der Waals surface area contributed by atoms with Gasteiger partial charge in [-0.15, -0.1) is 0 Å². The standard InChI is InChI=1S/C27H24Cl2N5O7P/c1-26(2)38-23-21(37-27(14-30,24(23)39-26)22-12-11-18-25(31)32-15-33-34(18)22)13-36-42(35,40-19-9-5-3-7-16(19)28)41-20-10-6-4-8-17(20)29/h3-12,15,21,23-24H,13H2,1-2H3,(H2,31,32,33)/t21-,23-,24-,27+/m1/s1. The van der Waals surface area contributed by atoms with Crippen LogP contribution in [0.3, 0.4) is 0 Å². The summed E-state index contributed by atoms with van der Waals surface area (Å²) >= 11 is 12.5. The number of phosphoric acid groups is 1. The average molecular weight is 632 g/mol. The smallest absolute Gasteiger partial charge is 0.393 e. The average Bonchev–Trinajstić information content (AvgIpc) is 3.61. The molecule has 0 aliphatic carbocycles. The largest absolute Gasteiger partial charge is 0.587 e. The minimum atomic E-state index is -4.46. The first-order chi connectivity index (χ1) is 20.0. The molecular formula is C27H24Cl2N5O7P. The van der Waals surface area contributed by atoms with Crippen molar-refractivity contribution in [3.05, 3.63) is 82.7 Å². The number of fused-ring (bicyclic) bond motifs is 2. The number of halogens is 2. The lowest BCUT2D eigenvalue weighted by atomic mass is 9.92. The summed E-state index contributed by atoms with van der Waals surface area (Å²) in [6.45, 7) is 3.04. The van der Waals surface area contributed by atoms with Crippen LogP contribution in [0.25, 0.3) is 5.52 Å². The van der Waals surface area contributed by atoms with E-state index >= 15 is 0 Å². The number of anilines is 1. The van der Waals surface area contributed by atoms with Crippen LogP contribution in [0.5, 0.6) is 11.5 Å². The van der Waals surface area contributed by atoms with Gasteiger partial charge in [-0.2, -0.15) is 10.4 Å². The molecule has 4 heterocycles. The Labute approximate surface area is 250 Å². The maximum absolute atomic E-state index is 14.1. The van der Waals surface area contributed by atoms with Gasteiger partial charge >= 0.3 is 7.82 Å². The Morgan fingerprint density at radius 1 is 1.02 bits per heavy atom. The number of nitriles is 1. The summed E-state index contributed by atoms with van der Waals surface area (Å²) in [6, 6.07) is 18.4. The minimum absolute atomic E-state index is 0.0599. The van der Waals surface area contributed by atoms with Crippen molar-refractivity contribution in [2.45, 2.75) is 43.5 Å². The topological polar surface area (TPSA) is 152 Å². The molecule has 0 saturated carbocycles. The second-order valence-electron chi connectivity index (χ2n) is 9.97. The first-order valence-electron chi connectivity index (χ1n) is 12.7. The quantitative estimate of drug-likeness (QED) is 0.244. The van der Waals surface area contributed by atoms with Crippen LogP contribution >= 0.6 is 31.0 Å². The van der Waals surface area contributed by atoms with E-state index in [1.807, 2.05) is 0 Å². The third kappa shape index (κ3) is 5.08. The zero-order valence-corrected chi connectivity index (χ0v) is 24.6. The molecule has 42 heavy (non-hydrogen) atoms. The number of nitrogen functional groups attached to an aromatic ring is 1. The van der Waals surface area contributed by atoms with Gasteiger partial charge in [0.25, 0.3) is 0 Å². The first-order valence-corrected chi connectivity index (χ1v) is 14.9. The maximum atomic E-state index is 14.1. The summed E-state index contributed by atoms with van der Waals surface area (Å²) < 4.78 is 51.5. The number of ether oxygens (including phenoxy) is 3. The summed E-state index contributed by atoms with van der Waals surface area (Å²) in [5.41, 5.74) is 5.13. The van der Waals surface area contributed by atoms with E-state index in [1.165, 1.54) is 23.0 Å². The molecule has 2 fully saturated rings. The first kappa shape index (κ1) is 28.7. The summed E-state index contributed by atoms with van der Waals surface area (Å²) in [5, 5.41) is 15.2. The van der Waals surface area contributed by atoms with Gasteiger partial charge in [-0.05, 0) is 50.2 Å². The highest BCUT2D eigenvalue weighted by Gasteiger charge is 2.65. The van der Waals surface area contributed by atoms with Gasteiger partial charge in [0.2, 0.25) is 5.60 Å². The van der Waals surface area contributed by atoms with Crippen molar-refractivity contribution in [3.63, 3.8) is 0 Å². The number of nitrogens with zero attached hydrogens (tertiary/aromatic N) is 4. The van der Waals surface area contributed by atoms with E-state index in [0.717, 1.165) is 0 Å². The number of phosphoric ester groups is 1. The fraction of sp³-hybridized carbons (Fsp3) is 0.296. The van der Waals surface area contributed by atoms with E-state index in [9.17, 15) is 9.83 Å². The SMILES string of the molecule is CC1(C)O[C@H]2[C@@H](O1)[C@](C#N)(c1ccc3c(N)ncnn13)O[C@@H]2COP(=O)(Oc1ccccc1Cl)Oc1ccccc1Cl. The van der Waals surface area contributed by atoms with E-state index in [2.05, 4.69) is 16.2 Å². The van der Waals surface area contributed by atoms with Gasteiger partial charge < -0.3 is 29.0 Å². The van der Waals surface area contributed by atoms with E-state index in [0.29, 0.717) is 11.2 Å². The Morgan fingerprint density at radius 3 is 2.29 bits per heavy atom. The lowest BCUT2D eigenvalue weighted by Crippen LogP contribution is -2.40. The molecule has 6 rings (SSSR count). The van der Waals surface area contributed by atoms with Gasteiger partial charge in [-0.3, -0.25) is 4.52 Å². The zero-order valence-electron chi connectivity index (χ0n) is 22.2. The molecule has 218 valence electrons. The molecule has 4 atom stereocenters. The van der Waals surface area contributed by atoms with Gasteiger partial charge in [0.15, 0.2) is 23.1 Å². The van der Waals surface area contributed by atoms with Crippen molar-refractivity contribution in [2.75, 3.05) is 12.3 Å². The highest BCUT2D eigenvalue weighted by molar-refractivity contribution is 7.49. The van der Waals surface area contributed by atoms with E-state index in [1.54, 1.807) is 62.4 Å². The Morgan fingerprint density at radius 2 is 1.67 bits per heavy atom. The summed E-state index contributed by atoms with van der Waals surface area (Å²) in [7, 11) is -4.46. The molecular weight excluding hydrogens is 608 g/mol. The van der Waals surface area contributed by atoms with Crippen molar-refractivity contribution < 1.29 is 32.3 Å². The van der Waals surface area contributed by atoms with Crippen LogP contribution in [0.4, 0.5) is 5.82 Å². The van der Waals surface area contributed by atoms with Crippen molar-refractivity contribution in [2.24, 2.45) is 0 Å². The highest BCUT2D eigenvalue weighted by Crippen LogP contribution is 2.54. The fourth-order valence-corrected chi connectivity index (χ4v) is 6.71. The minimum Gasteiger partial charge on any atom is -0.393 e. The molecule has 2 saturated heterocycles. The fourth-order valence-electron chi connectivity index (χ4n) is 4.98. The monoisotopic (exact) mass is 631 g/mol. The van der Waals surface area contributed by atoms with E-state index in [-0.39, 0.29) is 27.4 Å². The van der Waals surface area contributed by atoms with Crippen molar-refractivity contribution in [1.82, 2.24) is 14.6 Å². The number of para-hydroxylation sites is 2. The number of aromatic nitrogens is 3. The Kier molecular flexibility index (Phi) is 7.32. The van der Waals surface area contributed by atoms with Gasteiger partial charge in [0.1, 0.15) is 36.2 Å². The van der Waals surface area contributed by atoms with Crippen molar-refractivity contribution in [3.8, 4) is 17.6 Å². The molecule has 0 bridgehead atoms. The van der Waals surface area contributed by atoms with Crippen molar-refractivity contribution in [1.29, 1.82) is 5.26 Å². The van der Waals surface area contributed by atoms with Gasteiger partial charge in [-0.1, -0.05) is 47.5 Å². The number of hydrogen-bond donors (Lipinski definition) is 1. The van der Waals surface area contributed by atoms with E-state index < -0.39 is 44.1 Å². The molecule has 2 N–H and O–H groups in total. The third-order valence-corrected chi connectivity index (χ3v) is 8.68. The molecule has 4 aromatic rings. The Bertz CT molecular complexity index is 1700. The lowest BCUT2D eigenvalue weighted by Gasteiger charge is -2.29. The molecule has 0 amide bonds. The van der Waals surface area contributed by atoms with Crippen LogP contribution in [-0.2, 0) is 28.9 Å². The predicted molar refractivity (Wildman–Crippen MR) is 151 cm³/mol. The molecule has 2 aromatic heterocycles. The predicted octanol–water partition coefficient (Wildman–Crippen LogP) is 5.54. The number of rotatable bonds is 8. The molecule has 2 aliphatic rings. The van der Waals surface area contributed by atoms with Gasteiger partial charge in [-0.25, -0.2) is 14.1 Å². The van der Waals surface area contributed by atoms with Gasteiger partial charge in [0.05, 0.1) is 22.3 Å². The molecule has 0 radical (unpaired) electrons. The van der Waals surface area contributed by atoms with E-state index in [4.69, 9.17) is 56.7 Å². The molecule has 15 heteroatoms. The highest BCUT2D eigenvalue weighted by atomic mass is 35.5. The van der Waals surface area contributed by atoms with Gasteiger partial charge in [0, 0.05) is 0 Å². The molecule has 0 unspecified atom stereocenters. The van der Waals surface area contributed by atoms with Crippen molar-refractivity contribution >= 4 is 42.4 Å². The Hall–Kier alpha value is -3.40. The molecule has 2 aromatic carbocycles. The van der Waals surface area contributed by atoms with Crippen LogP contribution < -0.4 is 14.8 Å². The number of nitrogens with two attached hydrogens (primary N) is 1. The van der Waals surface area contributed by atoms with Crippen LogP contribution in [0, 0.1) is 11.3 Å². The molecule has 0 spiro atoms. The normalized spacial score (nSPS) is 24.8.